The molecule has 0 amide bonds. The molecule has 0 bridgehead atoms. The van der Waals surface area contributed by atoms with Crippen molar-refractivity contribution in [2.45, 2.75) is 75.1 Å². The summed E-state index contributed by atoms with van der Waals surface area (Å²) in [6.07, 6.45) is 8.44. The van der Waals surface area contributed by atoms with E-state index in [0.29, 0.717) is 19.6 Å². The van der Waals surface area contributed by atoms with Crippen LogP contribution in [-0.2, 0) is 9.84 Å². The molecule has 2 aliphatic carbocycles. The van der Waals surface area contributed by atoms with E-state index in [0.717, 1.165) is 70.3 Å². The lowest BCUT2D eigenvalue weighted by Crippen LogP contribution is -2.60. The van der Waals surface area contributed by atoms with Crippen molar-refractivity contribution in [3.05, 3.63) is 0 Å². The van der Waals surface area contributed by atoms with Crippen molar-refractivity contribution in [2.75, 3.05) is 31.9 Å². The molecule has 1 heterocycles. The van der Waals surface area contributed by atoms with E-state index in [1.807, 2.05) is 6.92 Å². The maximum atomic E-state index is 12.8. The maximum absolute atomic E-state index is 12.8. The molecule has 144 valence electrons. The second-order valence-electron chi connectivity index (χ2n) is 8.09. The van der Waals surface area contributed by atoms with Gasteiger partial charge in [0.25, 0.3) is 0 Å². The van der Waals surface area contributed by atoms with Gasteiger partial charge in [-0.3, -0.25) is 4.99 Å². The van der Waals surface area contributed by atoms with Crippen LogP contribution in [0.25, 0.3) is 0 Å². The molecule has 0 aromatic carbocycles. The first kappa shape index (κ1) is 19.0. The Morgan fingerprint density at radius 2 is 1.76 bits per heavy atom. The summed E-state index contributed by atoms with van der Waals surface area (Å²) in [6, 6.07) is 0. The van der Waals surface area contributed by atoms with Crippen LogP contribution >= 0.6 is 0 Å². The van der Waals surface area contributed by atoms with Gasteiger partial charge in [-0.25, -0.2) is 8.42 Å². The van der Waals surface area contributed by atoms with Gasteiger partial charge < -0.3 is 15.3 Å². The Morgan fingerprint density at radius 3 is 2.40 bits per heavy atom. The molecule has 0 radical (unpaired) electrons. The summed E-state index contributed by atoms with van der Waals surface area (Å²) in [5.74, 6) is 0.976. The van der Waals surface area contributed by atoms with Crippen LogP contribution in [0.15, 0.2) is 4.99 Å². The molecule has 2 saturated carbocycles. The summed E-state index contributed by atoms with van der Waals surface area (Å²) in [5, 5.41) is 13.9. The molecule has 6 nitrogen and oxygen atoms in total. The topological polar surface area (TPSA) is 82.0 Å². The Bertz CT molecular complexity index is 591. The third kappa shape index (κ3) is 3.97. The highest BCUT2D eigenvalue weighted by molar-refractivity contribution is 7.92. The molecule has 1 spiro atoms. The minimum absolute atomic E-state index is 0.210. The summed E-state index contributed by atoms with van der Waals surface area (Å²) in [6.45, 7) is 4.21. The highest BCUT2D eigenvalue weighted by Crippen LogP contribution is 2.38. The fraction of sp³-hybridized carbons (Fsp3) is 0.944. The fourth-order valence-electron chi connectivity index (χ4n) is 4.66. The normalized spacial score (nSPS) is 28.2. The summed E-state index contributed by atoms with van der Waals surface area (Å²) in [5.41, 5.74) is -0.676. The van der Waals surface area contributed by atoms with Crippen molar-refractivity contribution in [3.8, 4) is 0 Å². The van der Waals surface area contributed by atoms with Gasteiger partial charge in [0.15, 0.2) is 15.8 Å². The monoisotopic (exact) mass is 371 g/mol. The van der Waals surface area contributed by atoms with Crippen LogP contribution in [-0.4, -0.2) is 66.7 Å². The van der Waals surface area contributed by atoms with Crippen LogP contribution in [0.1, 0.15) is 64.7 Å². The molecule has 2 N–H and O–H groups in total. The molecule has 3 aliphatic rings. The van der Waals surface area contributed by atoms with Crippen LogP contribution in [0.4, 0.5) is 0 Å². The van der Waals surface area contributed by atoms with Crippen LogP contribution < -0.4 is 5.32 Å². The Morgan fingerprint density at radius 1 is 1.12 bits per heavy atom. The van der Waals surface area contributed by atoms with Crippen LogP contribution in [0.5, 0.6) is 0 Å². The average molecular weight is 372 g/mol. The molecular formula is C18H33N3O3S. The van der Waals surface area contributed by atoms with Gasteiger partial charge >= 0.3 is 0 Å². The van der Waals surface area contributed by atoms with E-state index in [1.54, 1.807) is 0 Å². The van der Waals surface area contributed by atoms with Crippen molar-refractivity contribution >= 4 is 15.8 Å². The minimum atomic E-state index is -3.04. The largest absolute Gasteiger partial charge is 0.388 e. The van der Waals surface area contributed by atoms with Gasteiger partial charge in [0.2, 0.25) is 0 Å². The van der Waals surface area contributed by atoms with E-state index in [-0.39, 0.29) is 5.75 Å². The van der Waals surface area contributed by atoms with E-state index >= 15 is 0 Å². The van der Waals surface area contributed by atoms with E-state index in [1.165, 1.54) is 0 Å². The zero-order chi connectivity index (χ0) is 18.0. The summed E-state index contributed by atoms with van der Waals surface area (Å²) in [7, 11) is -3.04. The number of sulfone groups is 1. The van der Waals surface area contributed by atoms with E-state index in [2.05, 4.69) is 10.2 Å². The second kappa shape index (κ2) is 7.43. The predicted octanol–water partition coefficient (Wildman–Crippen LogP) is 1.69. The SMILES string of the molecule is CCNC(=NCC1(O)CCCC1)N1CCS(=O)(=O)C2(CCCCC2)C1. The van der Waals surface area contributed by atoms with Crippen molar-refractivity contribution in [2.24, 2.45) is 4.99 Å². The molecule has 3 fully saturated rings. The zero-order valence-corrected chi connectivity index (χ0v) is 16.3. The Kier molecular flexibility index (Phi) is 5.63. The molecule has 25 heavy (non-hydrogen) atoms. The first-order valence-corrected chi connectivity index (χ1v) is 11.5. The zero-order valence-electron chi connectivity index (χ0n) is 15.5. The third-order valence-corrected chi connectivity index (χ3v) is 8.80. The first-order chi connectivity index (χ1) is 11.9. The van der Waals surface area contributed by atoms with Gasteiger partial charge in [0.05, 0.1) is 22.6 Å². The van der Waals surface area contributed by atoms with Crippen molar-refractivity contribution in [3.63, 3.8) is 0 Å². The summed E-state index contributed by atoms with van der Waals surface area (Å²) >= 11 is 0. The molecule has 1 saturated heterocycles. The smallest absolute Gasteiger partial charge is 0.194 e. The number of guanidine groups is 1. The molecule has 1 aliphatic heterocycles. The molecule has 0 aromatic heterocycles. The Hall–Kier alpha value is -0.820. The molecule has 0 unspecified atom stereocenters. The van der Waals surface area contributed by atoms with Gasteiger partial charge in [-0.1, -0.05) is 32.1 Å². The Balaban J connectivity index is 1.77. The quantitative estimate of drug-likeness (QED) is 0.583. The van der Waals surface area contributed by atoms with E-state index in [4.69, 9.17) is 4.99 Å². The molecule has 0 atom stereocenters. The highest BCUT2D eigenvalue weighted by Gasteiger charge is 2.48. The number of aliphatic imine (C=N–C) groups is 1. The van der Waals surface area contributed by atoms with Crippen molar-refractivity contribution in [1.82, 2.24) is 10.2 Å². The lowest BCUT2D eigenvalue weighted by molar-refractivity contribution is 0.0571. The number of nitrogens with zero attached hydrogens (tertiary/aromatic N) is 2. The van der Waals surface area contributed by atoms with Crippen molar-refractivity contribution in [1.29, 1.82) is 0 Å². The number of hydrogen-bond acceptors (Lipinski definition) is 4. The molecule has 3 rings (SSSR count). The van der Waals surface area contributed by atoms with Gasteiger partial charge in [-0.05, 0) is 32.6 Å². The predicted molar refractivity (Wildman–Crippen MR) is 101 cm³/mol. The molecule has 7 heteroatoms. The van der Waals surface area contributed by atoms with Crippen LogP contribution in [0.3, 0.4) is 0 Å². The van der Waals surface area contributed by atoms with Gasteiger partial charge in [-0.2, -0.15) is 0 Å². The summed E-state index contributed by atoms with van der Waals surface area (Å²) < 4.78 is 25.0. The minimum Gasteiger partial charge on any atom is -0.388 e. The molecule has 0 aromatic rings. The maximum Gasteiger partial charge on any atom is 0.194 e. The van der Waals surface area contributed by atoms with E-state index < -0.39 is 20.2 Å². The third-order valence-electron chi connectivity index (χ3n) is 6.23. The molecular weight excluding hydrogens is 338 g/mol. The number of nitrogens with one attached hydrogen (secondary N) is 1. The lowest BCUT2D eigenvalue weighted by atomic mass is 9.87. The number of rotatable bonds is 3. The van der Waals surface area contributed by atoms with Crippen LogP contribution in [0.2, 0.25) is 0 Å². The first-order valence-electron chi connectivity index (χ1n) is 9.88. The van der Waals surface area contributed by atoms with Crippen molar-refractivity contribution < 1.29 is 13.5 Å². The lowest BCUT2D eigenvalue weighted by Gasteiger charge is -2.45. The highest BCUT2D eigenvalue weighted by atomic mass is 32.2. The summed E-state index contributed by atoms with van der Waals surface area (Å²) in [4.78, 5) is 6.82. The number of aliphatic hydroxyl groups is 1. The number of hydrogen-bond donors (Lipinski definition) is 2. The second-order valence-corrected chi connectivity index (χ2v) is 10.6. The van der Waals surface area contributed by atoms with Gasteiger partial charge in [0, 0.05) is 19.6 Å². The van der Waals surface area contributed by atoms with Crippen LogP contribution in [0, 0.1) is 0 Å². The van der Waals surface area contributed by atoms with E-state index in [9.17, 15) is 13.5 Å². The van der Waals surface area contributed by atoms with Gasteiger partial charge in [0.1, 0.15) is 0 Å². The van der Waals surface area contributed by atoms with Gasteiger partial charge in [-0.15, -0.1) is 0 Å². The standard InChI is InChI=1S/C18H33N3O3S/c1-2-19-16(20-14-17(22)8-6-7-9-17)21-12-13-25(23,24)18(15-21)10-4-3-5-11-18/h22H,2-15H2,1H3,(H,19,20). The average Bonchev–Trinajstić information content (AvgIpc) is 3.02. The fourth-order valence-corrected chi connectivity index (χ4v) is 6.81. The Labute approximate surface area is 152 Å².